The molecule has 0 saturated carbocycles. The first-order chi connectivity index (χ1) is 30.2. The fourth-order valence-corrected chi connectivity index (χ4v) is 10.0. The number of rotatable bonds is 5. The SMILES string of the molecule is [C-]#[N+]c1ccc2c(c1)C1(c3ccccc3-c3ccccc31)c1cccc(-c3cccc(-c4cccc(-c5nc(-c6ccccc6)cc(-c6ccc7ccccc7c6)n5)c4)c3)c1-2. The summed E-state index contributed by atoms with van der Waals surface area (Å²) >= 11 is 0. The molecule has 0 saturated heterocycles. The molecule has 0 fully saturated rings. The van der Waals surface area contributed by atoms with Crippen LogP contribution < -0.4 is 0 Å². The van der Waals surface area contributed by atoms with Gasteiger partial charge in [-0.25, -0.2) is 14.8 Å². The lowest BCUT2D eigenvalue weighted by atomic mass is 9.70. The van der Waals surface area contributed by atoms with Crippen molar-refractivity contribution < 1.29 is 0 Å². The minimum absolute atomic E-state index is 0.527. The first-order valence-electron chi connectivity index (χ1n) is 20.7. The first kappa shape index (κ1) is 34.8. The molecule has 12 rings (SSSR count). The van der Waals surface area contributed by atoms with Crippen molar-refractivity contribution in [3.8, 4) is 78.4 Å². The molecule has 2 aliphatic rings. The van der Waals surface area contributed by atoms with Gasteiger partial charge in [0.15, 0.2) is 11.5 Å². The third-order valence-corrected chi connectivity index (χ3v) is 12.7. The summed E-state index contributed by atoms with van der Waals surface area (Å²) in [6, 6.07) is 75.6. The van der Waals surface area contributed by atoms with Gasteiger partial charge in [-0.3, -0.25) is 0 Å². The molecule has 61 heavy (non-hydrogen) atoms. The molecule has 1 spiro atoms. The van der Waals surface area contributed by atoms with Gasteiger partial charge in [-0.15, -0.1) is 0 Å². The molecular weight excluding hydrogens is 739 g/mol. The molecule has 0 radical (unpaired) electrons. The van der Waals surface area contributed by atoms with Gasteiger partial charge in [-0.1, -0.05) is 188 Å². The van der Waals surface area contributed by atoms with Crippen molar-refractivity contribution in [2.45, 2.75) is 5.41 Å². The summed E-state index contributed by atoms with van der Waals surface area (Å²) in [6.07, 6.45) is 0. The van der Waals surface area contributed by atoms with Crippen LogP contribution >= 0.6 is 0 Å². The fraction of sp³-hybridized carbons (Fsp3) is 0.0172. The van der Waals surface area contributed by atoms with E-state index in [0.717, 1.165) is 44.8 Å². The maximum absolute atomic E-state index is 8.01. The Balaban J connectivity index is 0.996. The number of hydrogen-bond acceptors (Lipinski definition) is 2. The second kappa shape index (κ2) is 13.7. The number of nitrogens with zero attached hydrogens (tertiary/aromatic N) is 3. The topological polar surface area (TPSA) is 30.1 Å². The van der Waals surface area contributed by atoms with Crippen LogP contribution in [0.2, 0.25) is 0 Å². The van der Waals surface area contributed by atoms with E-state index in [4.69, 9.17) is 16.5 Å². The maximum atomic E-state index is 8.01. The Bertz CT molecular complexity index is 3400. The monoisotopic (exact) mass is 773 g/mol. The van der Waals surface area contributed by atoms with Crippen LogP contribution in [0.1, 0.15) is 22.3 Å². The molecule has 2 aliphatic carbocycles. The van der Waals surface area contributed by atoms with Crippen LogP contribution in [-0.2, 0) is 5.41 Å². The lowest BCUT2D eigenvalue weighted by molar-refractivity contribution is 0.794. The molecule has 1 aromatic heterocycles. The van der Waals surface area contributed by atoms with Gasteiger partial charge >= 0.3 is 0 Å². The highest BCUT2D eigenvalue weighted by Crippen LogP contribution is 2.64. The van der Waals surface area contributed by atoms with Crippen LogP contribution in [-0.4, -0.2) is 9.97 Å². The summed E-state index contributed by atoms with van der Waals surface area (Å²) in [7, 11) is 0. The minimum Gasteiger partial charge on any atom is -0.238 e. The lowest BCUT2D eigenvalue weighted by Crippen LogP contribution is -2.25. The summed E-state index contributed by atoms with van der Waals surface area (Å²) < 4.78 is 0. The Hall–Kier alpha value is -8.19. The highest BCUT2D eigenvalue weighted by atomic mass is 14.9. The van der Waals surface area contributed by atoms with E-state index in [0.29, 0.717) is 11.5 Å². The van der Waals surface area contributed by atoms with Gasteiger partial charge in [0.2, 0.25) is 0 Å². The van der Waals surface area contributed by atoms with Crippen LogP contribution in [0.3, 0.4) is 0 Å². The molecule has 0 N–H and O–H groups in total. The Labute approximate surface area is 354 Å². The molecule has 10 aromatic rings. The maximum Gasteiger partial charge on any atom is 0.187 e. The van der Waals surface area contributed by atoms with Crippen molar-refractivity contribution in [2.75, 3.05) is 0 Å². The first-order valence-corrected chi connectivity index (χ1v) is 20.7. The van der Waals surface area contributed by atoms with Crippen molar-refractivity contribution in [1.29, 1.82) is 0 Å². The van der Waals surface area contributed by atoms with Gasteiger partial charge in [0, 0.05) is 16.7 Å². The van der Waals surface area contributed by atoms with Gasteiger partial charge in [0.25, 0.3) is 0 Å². The quantitative estimate of drug-likeness (QED) is 0.163. The summed E-state index contributed by atoms with van der Waals surface area (Å²) in [4.78, 5) is 14.3. The van der Waals surface area contributed by atoms with Gasteiger partial charge in [-0.2, -0.15) is 0 Å². The number of fused-ring (bicyclic) bond motifs is 11. The van der Waals surface area contributed by atoms with Crippen LogP contribution in [0, 0.1) is 6.57 Å². The molecule has 282 valence electrons. The number of aromatic nitrogens is 2. The van der Waals surface area contributed by atoms with Crippen LogP contribution in [0.5, 0.6) is 0 Å². The molecule has 3 nitrogen and oxygen atoms in total. The Morgan fingerprint density at radius 1 is 0.344 bits per heavy atom. The van der Waals surface area contributed by atoms with Crippen LogP contribution in [0.25, 0.3) is 94.0 Å². The molecule has 9 aromatic carbocycles. The molecule has 0 bridgehead atoms. The van der Waals surface area contributed by atoms with Gasteiger partial charge in [0.1, 0.15) is 0 Å². The predicted octanol–water partition coefficient (Wildman–Crippen LogP) is 14.9. The van der Waals surface area contributed by atoms with Crippen LogP contribution in [0.4, 0.5) is 5.69 Å². The molecule has 3 heteroatoms. The average molecular weight is 774 g/mol. The van der Waals surface area contributed by atoms with E-state index in [1.54, 1.807) is 0 Å². The van der Waals surface area contributed by atoms with Crippen molar-refractivity contribution in [3.05, 3.63) is 246 Å². The lowest BCUT2D eigenvalue weighted by Gasteiger charge is -2.30. The zero-order valence-electron chi connectivity index (χ0n) is 33.0. The zero-order valence-corrected chi connectivity index (χ0v) is 33.0. The zero-order chi connectivity index (χ0) is 40.5. The summed E-state index contributed by atoms with van der Waals surface area (Å²) in [6.45, 7) is 8.01. The summed E-state index contributed by atoms with van der Waals surface area (Å²) in [5.74, 6) is 0.682. The van der Waals surface area contributed by atoms with E-state index >= 15 is 0 Å². The molecule has 0 aliphatic heterocycles. The van der Waals surface area contributed by atoms with Gasteiger partial charge < -0.3 is 0 Å². The van der Waals surface area contributed by atoms with Crippen molar-refractivity contribution in [3.63, 3.8) is 0 Å². The highest BCUT2D eigenvalue weighted by molar-refractivity contribution is 6.01. The fourth-order valence-electron chi connectivity index (χ4n) is 10.0. The normalized spacial score (nSPS) is 12.7. The molecule has 1 heterocycles. The Morgan fingerprint density at radius 2 is 0.918 bits per heavy atom. The average Bonchev–Trinajstić information content (AvgIpc) is 3.81. The van der Waals surface area contributed by atoms with E-state index in [9.17, 15) is 0 Å². The van der Waals surface area contributed by atoms with Crippen LogP contribution in [0.15, 0.2) is 212 Å². The summed E-state index contributed by atoms with van der Waals surface area (Å²) in [5, 5.41) is 2.38. The molecule has 0 atom stereocenters. The minimum atomic E-state index is -0.527. The number of hydrogen-bond donors (Lipinski definition) is 0. The van der Waals surface area contributed by atoms with Gasteiger partial charge in [-0.05, 0) is 102 Å². The Kier molecular flexibility index (Phi) is 7.82. The third kappa shape index (κ3) is 5.36. The van der Waals surface area contributed by atoms with E-state index in [1.165, 1.54) is 60.8 Å². The second-order valence-corrected chi connectivity index (χ2v) is 16.0. The van der Waals surface area contributed by atoms with Gasteiger partial charge in [0.05, 0.1) is 23.4 Å². The molecule has 0 amide bonds. The van der Waals surface area contributed by atoms with E-state index in [2.05, 4.69) is 205 Å². The second-order valence-electron chi connectivity index (χ2n) is 16.0. The smallest absolute Gasteiger partial charge is 0.187 e. The highest BCUT2D eigenvalue weighted by Gasteiger charge is 2.52. The predicted molar refractivity (Wildman–Crippen MR) is 249 cm³/mol. The van der Waals surface area contributed by atoms with Crippen molar-refractivity contribution >= 4 is 16.5 Å². The Morgan fingerprint density at radius 3 is 1.67 bits per heavy atom. The largest absolute Gasteiger partial charge is 0.238 e. The van der Waals surface area contributed by atoms with Crippen molar-refractivity contribution in [2.24, 2.45) is 0 Å². The van der Waals surface area contributed by atoms with E-state index in [1.807, 2.05) is 12.1 Å². The summed E-state index contributed by atoms with van der Waals surface area (Å²) in [5.41, 5.74) is 19.3. The van der Waals surface area contributed by atoms with E-state index < -0.39 is 5.41 Å². The van der Waals surface area contributed by atoms with Crippen molar-refractivity contribution in [1.82, 2.24) is 9.97 Å². The third-order valence-electron chi connectivity index (χ3n) is 12.7. The molecular formula is C58H35N3. The van der Waals surface area contributed by atoms with E-state index in [-0.39, 0.29) is 0 Å². The molecule has 0 unspecified atom stereocenters. The standard InChI is InChI=1S/C58H35N3/c1-59-45-30-31-49-53(35-45)58(50-25-9-7-22-47(50)48-23-8-10-26-51(48)58)52-27-13-24-46(56(49)52)42-20-11-18-40(32-42)41-19-12-21-44(34-41)57-60-54(38-15-3-2-4-16-38)36-55(61-57)43-29-28-37-14-5-6-17-39(37)33-43/h2-36H. The number of benzene rings is 9.